The van der Waals surface area contributed by atoms with E-state index in [1.54, 1.807) is 0 Å². The number of sulfonamides is 1. The highest BCUT2D eigenvalue weighted by Crippen LogP contribution is 2.21. The first-order chi connectivity index (χ1) is 8.70. The number of primary sulfonamides is 1. The van der Waals surface area contributed by atoms with Gasteiger partial charge in [-0.3, -0.25) is 5.32 Å². The van der Waals surface area contributed by atoms with Crippen LogP contribution in [0.3, 0.4) is 0 Å². The molecule has 0 saturated carbocycles. The third-order valence-corrected chi connectivity index (χ3v) is 3.00. The average molecular weight is 290 g/mol. The third-order valence-electron chi connectivity index (χ3n) is 2.03. The lowest BCUT2D eigenvalue weighted by Crippen LogP contribution is -2.20. The minimum atomic E-state index is -4.06. The number of hydrogen-bond donors (Lipinski definition) is 2. The zero-order chi connectivity index (χ0) is 14.6. The van der Waals surface area contributed by atoms with Gasteiger partial charge in [-0.25, -0.2) is 22.7 Å². The van der Waals surface area contributed by atoms with Gasteiger partial charge in [0.15, 0.2) is 0 Å². The lowest BCUT2D eigenvalue weighted by molar-refractivity contribution is 0.147. The lowest BCUT2D eigenvalue weighted by Gasteiger charge is -2.11. The first kappa shape index (κ1) is 15.4. The van der Waals surface area contributed by atoms with Gasteiger partial charge in [-0.05, 0) is 24.1 Å². The molecule has 0 saturated heterocycles. The van der Waals surface area contributed by atoms with Crippen LogP contribution >= 0.6 is 0 Å². The summed E-state index contributed by atoms with van der Waals surface area (Å²) in [6, 6.07) is 2.77. The zero-order valence-corrected chi connectivity index (χ0v) is 11.3. The molecule has 0 spiro atoms. The Morgan fingerprint density at radius 1 is 1.47 bits per heavy atom. The van der Waals surface area contributed by atoms with Crippen molar-refractivity contribution < 1.29 is 22.3 Å². The van der Waals surface area contributed by atoms with E-state index in [-0.39, 0.29) is 23.1 Å². The van der Waals surface area contributed by atoms with Gasteiger partial charge in [0.25, 0.3) is 0 Å². The van der Waals surface area contributed by atoms with Crippen molar-refractivity contribution >= 4 is 21.8 Å². The number of ether oxygens (including phenoxy) is 1. The fraction of sp³-hybridized carbons (Fsp3) is 0.364. The Bertz CT molecular complexity index is 572. The van der Waals surface area contributed by atoms with Crippen LogP contribution in [0.1, 0.15) is 13.8 Å². The van der Waals surface area contributed by atoms with E-state index < -0.39 is 21.9 Å². The number of hydrogen-bond acceptors (Lipinski definition) is 4. The average Bonchev–Trinajstić information content (AvgIpc) is 2.24. The maximum Gasteiger partial charge on any atom is 0.411 e. The van der Waals surface area contributed by atoms with Gasteiger partial charge in [-0.15, -0.1) is 0 Å². The molecular formula is C11H15FN2O4S. The van der Waals surface area contributed by atoms with Crippen molar-refractivity contribution in [2.24, 2.45) is 11.1 Å². The van der Waals surface area contributed by atoms with E-state index in [0.29, 0.717) is 0 Å². The summed E-state index contributed by atoms with van der Waals surface area (Å²) in [5.74, 6) is -0.581. The smallest absolute Gasteiger partial charge is 0.411 e. The topological polar surface area (TPSA) is 98.5 Å². The Balaban J connectivity index is 2.94. The Morgan fingerprint density at radius 2 is 2.11 bits per heavy atom. The van der Waals surface area contributed by atoms with Gasteiger partial charge in [-0.2, -0.15) is 0 Å². The van der Waals surface area contributed by atoms with E-state index >= 15 is 0 Å². The van der Waals surface area contributed by atoms with Crippen LogP contribution in [0.25, 0.3) is 0 Å². The predicted octanol–water partition coefficient (Wildman–Crippen LogP) is 1.68. The number of carbonyl (C=O) groups excluding carboxylic acids is 1. The molecule has 0 unspecified atom stereocenters. The molecule has 19 heavy (non-hydrogen) atoms. The Morgan fingerprint density at radius 3 is 2.63 bits per heavy atom. The predicted molar refractivity (Wildman–Crippen MR) is 67.6 cm³/mol. The highest BCUT2D eigenvalue weighted by atomic mass is 32.2. The summed E-state index contributed by atoms with van der Waals surface area (Å²) >= 11 is 0. The first-order valence-corrected chi connectivity index (χ1v) is 7.01. The molecule has 0 bridgehead atoms. The molecule has 1 amide bonds. The maximum atomic E-state index is 13.1. The van der Waals surface area contributed by atoms with Crippen LogP contribution < -0.4 is 10.5 Å². The van der Waals surface area contributed by atoms with E-state index in [0.717, 1.165) is 18.2 Å². The number of amides is 1. The molecule has 0 fully saturated rings. The second-order valence-corrected chi connectivity index (χ2v) is 5.83. The summed E-state index contributed by atoms with van der Waals surface area (Å²) in [7, 11) is -4.06. The second-order valence-electron chi connectivity index (χ2n) is 4.30. The summed E-state index contributed by atoms with van der Waals surface area (Å²) in [5.41, 5.74) is -0.253. The largest absolute Gasteiger partial charge is 0.449 e. The normalized spacial score (nSPS) is 11.4. The molecule has 0 aliphatic heterocycles. The van der Waals surface area contributed by atoms with Gasteiger partial charge in [0, 0.05) is 0 Å². The zero-order valence-electron chi connectivity index (χ0n) is 10.5. The summed E-state index contributed by atoms with van der Waals surface area (Å²) < 4.78 is 40.4. The number of nitrogens with two attached hydrogens (primary N) is 1. The van der Waals surface area contributed by atoms with Crippen molar-refractivity contribution in [1.29, 1.82) is 0 Å². The SMILES string of the molecule is CC(C)COC(=O)Nc1cc(F)ccc1S(N)(=O)=O. The van der Waals surface area contributed by atoms with Gasteiger partial charge in [-0.1, -0.05) is 13.8 Å². The maximum absolute atomic E-state index is 13.1. The Labute approximate surface area is 110 Å². The van der Waals surface area contributed by atoms with E-state index in [9.17, 15) is 17.6 Å². The van der Waals surface area contributed by atoms with E-state index in [1.165, 1.54) is 0 Å². The highest BCUT2D eigenvalue weighted by molar-refractivity contribution is 7.89. The van der Waals surface area contributed by atoms with Gasteiger partial charge < -0.3 is 4.74 Å². The molecule has 3 N–H and O–H groups in total. The Kier molecular flexibility index (Phi) is 4.84. The molecule has 0 atom stereocenters. The van der Waals surface area contributed by atoms with E-state index in [1.807, 2.05) is 13.8 Å². The standard InChI is InChI=1S/C11H15FN2O4S/c1-7(2)6-18-11(15)14-9-5-8(12)3-4-10(9)19(13,16)17/h3-5,7H,6H2,1-2H3,(H,14,15)(H2,13,16,17). The van der Waals surface area contributed by atoms with Crippen molar-refractivity contribution in [3.63, 3.8) is 0 Å². The van der Waals surface area contributed by atoms with Crippen molar-refractivity contribution in [1.82, 2.24) is 0 Å². The van der Waals surface area contributed by atoms with Crippen LogP contribution in [0.15, 0.2) is 23.1 Å². The Hall–Kier alpha value is -1.67. The lowest BCUT2D eigenvalue weighted by atomic mass is 10.2. The number of carbonyl (C=O) groups is 1. The molecule has 8 heteroatoms. The minimum absolute atomic E-state index is 0.121. The van der Waals surface area contributed by atoms with Gasteiger partial charge in [0.1, 0.15) is 10.7 Å². The van der Waals surface area contributed by atoms with Crippen LogP contribution in [0.2, 0.25) is 0 Å². The fourth-order valence-electron chi connectivity index (χ4n) is 1.24. The van der Waals surface area contributed by atoms with E-state index in [2.05, 4.69) is 5.32 Å². The molecule has 0 radical (unpaired) electrons. The summed E-state index contributed by atoms with van der Waals surface area (Å²) in [4.78, 5) is 11.0. The van der Waals surface area contributed by atoms with Gasteiger partial charge >= 0.3 is 6.09 Å². The molecule has 6 nitrogen and oxygen atoms in total. The summed E-state index contributed by atoms with van der Waals surface area (Å²) in [6.45, 7) is 3.84. The minimum Gasteiger partial charge on any atom is -0.449 e. The van der Waals surface area contributed by atoms with Crippen LogP contribution in [0, 0.1) is 11.7 Å². The van der Waals surface area contributed by atoms with Crippen LogP contribution in [0.5, 0.6) is 0 Å². The van der Waals surface area contributed by atoms with Crippen molar-refractivity contribution in [3.8, 4) is 0 Å². The molecule has 1 rings (SSSR count). The summed E-state index contributed by atoms with van der Waals surface area (Å²) in [6.07, 6.45) is -0.871. The fourth-order valence-corrected chi connectivity index (χ4v) is 1.91. The number of halogens is 1. The van der Waals surface area contributed by atoms with Gasteiger partial charge in [0.05, 0.1) is 12.3 Å². The number of rotatable bonds is 4. The van der Waals surface area contributed by atoms with Crippen LogP contribution in [-0.2, 0) is 14.8 Å². The molecule has 0 aromatic heterocycles. The number of nitrogens with one attached hydrogen (secondary N) is 1. The van der Waals surface area contributed by atoms with Crippen molar-refractivity contribution in [2.75, 3.05) is 11.9 Å². The molecule has 1 aromatic rings. The van der Waals surface area contributed by atoms with E-state index in [4.69, 9.17) is 9.88 Å². The quantitative estimate of drug-likeness (QED) is 0.881. The molecule has 0 aliphatic rings. The monoisotopic (exact) mass is 290 g/mol. The second kappa shape index (κ2) is 5.98. The van der Waals surface area contributed by atoms with Crippen molar-refractivity contribution in [2.45, 2.75) is 18.7 Å². The summed E-state index contributed by atoms with van der Waals surface area (Å²) in [5, 5.41) is 7.12. The molecule has 1 aromatic carbocycles. The van der Waals surface area contributed by atoms with Crippen molar-refractivity contribution in [3.05, 3.63) is 24.0 Å². The van der Waals surface area contributed by atoms with Crippen LogP contribution in [-0.4, -0.2) is 21.1 Å². The molecule has 0 heterocycles. The third kappa shape index (κ3) is 4.84. The molecular weight excluding hydrogens is 275 g/mol. The van der Waals surface area contributed by atoms with Crippen LogP contribution in [0.4, 0.5) is 14.9 Å². The molecule has 0 aliphatic carbocycles. The van der Waals surface area contributed by atoms with Gasteiger partial charge in [0.2, 0.25) is 10.0 Å². The number of benzene rings is 1. The first-order valence-electron chi connectivity index (χ1n) is 5.46. The number of anilines is 1. The highest BCUT2D eigenvalue weighted by Gasteiger charge is 2.17. The molecule has 106 valence electrons.